The number of nitrogens with zero attached hydrogens (tertiary/aromatic N) is 1. The van der Waals surface area contributed by atoms with Crippen molar-refractivity contribution in [3.8, 4) is 0 Å². The third kappa shape index (κ3) is 4.43. The first-order valence-electron chi connectivity index (χ1n) is 6.67. The zero-order chi connectivity index (χ0) is 15.1. The lowest BCUT2D eigenvalue weighted by atomic mass is 10.1. The molecule has 1 aliphatic rings. The zero-order valence-electron chi connectivity index (χ0n) is 12.2. The van der Waals surface area contributed by atoms with Crippen molar-refractivity contribution in [1.82, 2.24) is 4.90 Å². The molecule has 1 heterocycles. The van der Waals surface area contributed by atoms with E-state index in [1.165, 1.54) is 0 Å². The first-order chi connectivity index (χ1) is 9.51. The van der Waals surface area contributed by atoms with Crippen LogP contribution in [0.15, 0.2) is 0 Å². The van der Waals surface area contributed by atoms with Gasteiger partial charge in [-0.1, -0.05) is 0 Å². The second kappa shape index (κ2) is 8.18. The van der Waals surface area contributed by atoms with Crippen LogP contribution in [0, 0.1) is 0 Å². The van der Waals surface area contributed by atoms with Gasteiger partial charge in [-0.05, 0) is 19.8 Å². The molecule has 1 saturated heterocycles. The number of rotatable bonds is 8. The van der Waals surface area contributed by atoms with Gasteiger partial charge in [-0.2, -0.15) is 0 Å². The molecular formula is C13H23NO6. The Morgan fingerprint density at radius 3 is 2.45 bits per heavy atom. The minimum absolute atomic E-state index is 0.116. The highest BCUT2D eigenvalue weighted by Gasteiger charge is 2.37. The number of ether oxygens (including phenoxy) is 3. The number of aliphatic carboxylic acids is 1. The molecule has 0 aromatic rings. The van der Waals surface area contributed by atoms with E-state index in [2.05, 4.69) is 0 Å². The number of hydrogen-bond acceptors (Lipinski definition) is 5. The van der Waals surface area contributed by atoms with Crippen molar-refractivity contribution in [2.24, 2.45) is 0 Å². The molecule has 1 fully saturated rings. The Morgan fingerprint density at radius 2 is 1.95 bits per heavy atom. The van der Waals surface area contributed by atoms with Crippen LogP contribution in [0.5, 0.6) is 0 Å². The monoisotopic (exact) mass is 289 g/mol. The largest absolute Gasteiger partial charge is 0.479 e. The highest BCUT2D eigenvalue weighted by molar-refractivity contribution is 5.83. The first-order valence-corrected chi connectivity index (χ1v) is 6.67. The molecule has 0 aliphatic carbocycles. The Morgan fingerprint density at radius 1 is 1.30 bits per heavy atom. The molecule has 1 N–H and O–H groups in total. The van der Waals surface area contributed by atoms with E-state index in [-0.39, 0.29) is 11.9 Å². The Hall–Kier alpha value is -1.18. The molecule has 0 aromatic carbocycles. The molecule has 116 valence electrons. The van der Waals surface area contributed by atoms with Crippen LogP contribution < -0.4 is 0 Å². The summed E-state index contributed by atoms with van der Waals surface area (Å²) in [7, 11) is 3.14. The average molecular weight is 289 g/mol. The number of carbonyl (C=O) groups is 2. The number of amides is 1. The lowest BCUT2D eigenvalue weighted by Gasteiger charge is -2.30. The van der Waals surface area contributed by atoms with Crippen LogP contribution in [-0.4, -0.2) is 74.1 Å². The minimum atomic E-state index is -1.02. The number of carboxylic acid groups (broad SMARTS) is 1. The van der Waals surface area contributed by atoms with Gasteiger partial charge in [-0.15, -0.1) is 0 Å². The number of carbonyl (C=O) groups excluding carboxylic acids is 1. The van der Waals surface area contributed by atoms with Crippen molar-refractivity contribution in [2.45, 2.75) is 38.0 Å². The zero-order valence-corrected chi connectivity index (χ0v) is 12.2. The van der Waals surface area contributed by atoms with Gasteiger partial charge in [0.15, 0.2) is 6.10 Å². The molecule has 0 bridgehead atoms. The van der Waals surface area contributed by atoms with Crippen molar-refractivity contribution in [3.63, 3.8) is 0 Å². The number of carboxylic acids is 1. The van der Waals surface area contributed by atoms with Gasteiger partial charge in [0.25, 0.3) is 5.91 Å². The lowest BCUT2D eigenvalue weighted by Crippen LogP contribution is -2.47. The quantitative estimate of drug-likeness (QED) is 0.683. The summed E-state index contributed by atoms with van der Waals surface area (Å²) in [4.78, 5) is 24.9. The summed E-state index contributed by atoms with van der Waals surface area (Å²) in [5.41, 5.74) is 0. The molecule has 0 spiro atoms. The summed E-state index contributed by atoms with van der Waals surface area (Å²) >= 11 is 0. The van der Waals surface area contributed by atoms with Crippen molar-refractivity contribution in [3.05, 3.63) is 0 Å². The van der Waals surface area contributed by atoms with Gasteiger partial charge in [0.2, 0.25) is 0 Å². The van der Waals surface area contributed by atoms with Crippen LogP contribution in [0.4, 0.5) is 0 Å². The summed E-state index contributed by atoms with van der Waals surface area (Å²) in [6, 6.07) is -0.116. The van der Waals surface area contributed by atoms with Gasteiger partial charge in [0.1, 0.15) is 6.10 Å². The van der Waals surface area contributed by atoms with Crippen LogP contribution in [0.25, 0.3) is 0 Å². The van der Waals surface area contributed by atoms with Gasteiger partial charge in [-0.25, -0.2) is 4.79 Å². The molecule has 0 aromatic heterocycles. The van der Waals surface area contributed by atoms with Crippen LogP contribution in [0.3, 0.4) is 0 Å². The van der Waals surface area contributed by atoms with Crippen molar-refractivity contribution in [1.29, 1.82) is 0 Å². The van der Waals surface area contributed by atoms with Gasteiger partial charge < -0.3 is 24.2 Å². The summed E-state index contributed by atoms with van der Waals surface area (Å²) in [5, 5.41) is 8.90. The maximum Gasteiger partial charge on any atom is 0.332 e. The number of methoxy groups -OCH3 is 2. The number of hydrogen-bond donors (Lipinski definition) is 1. The fraction of sp³-hybridized carbons (Fsp3) is 0.846. The molecule has 7 heteroatoms. The van der Waals surface area contributed by atoms with Crippen LogP contribution >= 0.6 is 0 Å². The van der Waals surface area contributed by atoms with Crippen molar-refractivity contribution >= 4 is 11.9 Å². The summed E-state index contributed by atoms with van der Waals surface area (Å²) in [6.45, 7) is 3.12. The Kier molecular flexibility index (Phi) is 6.90. The van der Waals surface area contributed by atoms with E-state index in [0.29, 0.717) is 32.6 Å². The molecule has 0 saturated carbocycles. The SMILES string of the molecule is COCCN(C(=O)C1CCC(C(=O)O)O1)C(C)COC. The van der Waals surface area contributed by atoms with Gasteiger partial charge in [-0.3, -0.25) is 4.79 Å². The molecule has 1 amide bonds. The molecular weight excluding hydrogens is 266 g/mol. The normalized spacial score (nSPS) is 23.6. The van der Waals surface area contributed by atoms with Gasteiger partial charge in [0.05, 0.1) is 19.3 Å². The highest BCUT2D eigenvalue weighted by Crippen LogP contribution is 2.22. The van der Waals surface area contributed by atoms with E-state index < -0.39 is 18.2 Å². The Labute approximate surface area is 118 Å². The fourth-order valence-electron chi connectivity index (χ4n) is 2.25. The van der Waals surface area contributed by atoms with E-state index >= 15 is 0 Å². The van der Waals surface area contributed by atoms with E-state index in [9.17, 15) is 9.59 Å². The van der Waals surface area contributed by atoms with E-state index in [1.807, 2.05) is 6.92 Å². The first kappa shape index (κ1) is 16.9. The maximum absolute atomic E-state index is 12.4. The van der Waals surface area contributed by atoms with Crippen LogP contribution in [-0.2, 0) is 23.8 Å². The Bertz CT molecular complexity index is 335. The smallest absolute Gasteiger partial charge is 0.332 e. The predicted molar refractivity (Wildman–Crippen MR) is 70.5 cm³/mol. The fourth-order valence-corrected chi connectivity index (χ4v) is 2.25. The summed E-state index contributed by atoms with van der Waals surface area (Å²) in [5.74, 6) is -1.22. The van der Waals surface area contributed by atoms with E-state index in [1.54, 1.807) is 19.1 Å². The second-order valence-corrected chi connectivity index (χ2v) is 4.86. The molecule has 3 atom stereocenters. The maximum atomic E-state index is 12.4. The van der Waals surface area contributed by atoms with Crippen LogP contribution in [0.1, 0.15) is 19.8 Å². The highest BCUT2D eigenvalue weighted by atomic mass is 16.5. The third-order valence-electron chi connectivity index (χ3n) is 3.33. The Balaban J connectivity index is 2.65. The molecule has 3 unspecified atom stereocenters. The molecule has 0 radical (unpaired) electrons. The summed E-state index contributed by atoms with van der Waals surface area (Å²) < 4.78 is 15.4. The standard InChI is InChI=1S/C13H23NO6/c1-9(8-19-3)14(6-7-18-2)12(15)10-4-5-11(20-10)13(16)17/h9-11H,4-8H2,1-3H3,(H,16,17). The molecule has 20 heavy (non-hydrogen) atoms. The summed E-state index contributed by atoms with van der Waals surface area (Å²) in [6.07, 6.45) is -0.778. The van der Waals surface area contributed by atoms with Gasteiger partial charge >= 0.3 is 5.97 Å². The second-order valence-electron chi connectivity index (χ2n) is 4.86. The minimum Gasteiger partial charge on any atom is -0.479 e. The van der Waals surface area contributed by atoms with Crippen molar-refractivity contribution in [2.75, 3.05) is 34.0 Å². The van der Waals surface area contributed by atoms with Crippen molar-refractivity contribution < 1.29 is 28.9 Å². The average Bonchev–Trinajstić information content (AvgIpc) is 2.89. The lowest BCUT2D eigenvalue weighted by molar-refractivity contribution is -0.156. The predicted octanol–water partition coefficient (Wildman–Crippen LogP) is 0.129. The third-order valence-corrected chi connectivity index (χ3v) is 3.33. The molecule has 7 nitrogen and oxygen atoms in total. The topological polar surface area (TPSA) is 85.3 Å². The van der Waals surface area contributed by atoms with E-state index in [4.69, 9.17) is 19.3 Å². The van der Waals surface area contributed by atoms with E-state index in [0.717, 1.165) is 0 Å². The van der Waals surface area contributed by atoms with Gasteiger partial charge in [0, 0.05) is 20.8 Å². The molecule has 1 rings (SSSR count). The van der Waals surface area contributed by atoms with Crippen LogP contribution in [0.2, 0.25) is 0 Å². The molecule has 1 aliphatic heterocycles.